The van der Waals surface area contributed by atoms with Crippen molar-refractivity contribution in [1.82, 2.24) is 4.90 Å². The van der Waals surface area contributed by atoms with Crippen LogP contribution in [-0.4, -0.2) is 30.1 Å². The van der Waals surface area contributed by atoms with Gasteiger partial charge in [0.25, 0.3) is 0 Å². The van der Waals surface area contributed by atoms with E-state index in [4.69, 9.17) is 16.7 Å². The molecule has 0 bridgehead atoms. The second kappa shape index (κ2) is 11.6. The van der Waals surface area contributed by atoms with E-state index < -0.39 is 0 Å². The first kappa shape index (κ1) is 20.0. The average Bonchev–Trinajstić information content (AvgIpc) is 2.39. The molecule has 0 amide bonds. The van der Waals surface area contributed by atoms with Crippen LogP contribution in [0.1, 0.15) is 44.6 Å². The Morgan fingerprint density at radius 3 is 2.05 bits per heavy atom. The molecule has 0 aliphatic heterocycles. The lowest BCUT2D eigenvalue weighted by molar-refractivity contribution is 0.229. The minimum absolute atomic E-state index is 0.222. The number of phenols is 1. The molecule has 1 saturated carbocycles. The van der Waals surface area contributed by atoms with Crippen LogP contribution in [-0.2, 0) is 0 Å². The first-order valence-electron chi connectivity index (χ1n) is 7.60. The van der Waals surface area contributed by atoms with Crippen molar-refractivity contribution < 1.29 is 5.11 Å². The lowest BCUT2D eigenvalue weighted by Gasteiger charge is -2.27. The molecular formula is C18H30ClNO. The number of aromatic hydroxyl groups is 1. The molecule has 0 aromatic heterocycles. The Hall–Kier alpha value is -0.990. The third-order valence-corrected chi connectivity index (χ3v) is 3.55. The van der Waals surface area contributed by atoms with E-state index in [0.717, 1.165) is 11.6 Å². The summed E-state index contributed by atoms with van der Waals surface area (Å²) in [5.41, 5.74) is 0.972. The van der Waals surface area contributed by atoms with Crippen LogP contribution in [0.2, 0.25) is 5.02 Å². The van der Waals surface area contributed by atoms with E-state index in [1.807, 2.05) is 13.8 Å². The van der Waals surface area contributed by atoms with Crippen molar-refractivity contribution in [3.8, 4) is 5.75 Å². The zero-order chi connectivity index (χ0) is 16.3. The zero-order valence-electron chi connectivity index (χ0n) is 13.9. The number of hydrogen-bond donors (Lipinski definition) is 1. The van der Waals surface area contributed by atoms with E-state index in [2.05, 4.69) is 25.6 Å². The highest BCUT2D eigenvalue weighted by Gasteiger charge is 2.13. The maximum Gasteiger partial charge on any atom is 0.117 e. The molecule has 0 heterocycles. The number of benzene rings is 1. The topological polar surface area (TPSA) is 23.5 Å². The number of halogens is 1. The lowest BCUT2D eigenvalue weighted by Crippen LogP contribution is -2.29. The van der Waals surface area contributed by atoms with E-state index in [0.29, 0.717) is 5.02 Å². The molecule has 0 spiro atoms. The van der Waals surface area contributed by atoms with Gasteiger partial charge in [0.1, 0.15) is 5.75 Å². The van der Waals surface area contributed by atoms with Crippen LogP contribution in [0.5, 0.6) is 5.75 Å². The maximum absolute atomic E-state index is 8.91. The fourth-order valence-electron chi connectivity index (χ4n) is 2.31. The number of phenolic OH excluding ortho intramolecular Hbond substituents is 1. The zero-order valence-corrected chi connectivity index (χ0v) is 14.7. The van der Waals surface area contributed by atoms with Gasteiger partial charge < -0.3 is 10.0 Å². The van der Waals surface area contributed by atoms with Gasteiger partial charge in [-0.1, -0.05) is 36.9 Å². The Morgan fingerprint density at radius 1 is 1.19 bits per heavy atom. The molecule has 2 nitrogen and oxygen atoms in total. The highest BCUT2D eigenvalue weighted by atomic mass is 35.5. The molecule has 120 valence electrons. The molecule has 2 rings (SSSR count). The molecule has 0 saturated heterocycles. The fourth-order valence-corrected chi connectivity index (χ4v) is 2.60. The van der Waals surface area contributed by atoms with E-state index in [-0.39, 0.29) is 5.75 Å². The van der Waals surface area contributed by atoms with Gasteiger partial charge in [0.05, 0.1) is 0 Å². The van der Waals surface area contributed by atoms with Crippen molar-refractivity contribution in [2.45, 2.75) is 52.0 Å². The van der Waals surface area contributed by atoms with Gasteiger partial charge >= 0.3 is 0 Å². The number of aryl methyl sites for hydroxylation is 1. The van der Waals surface area contributed by atoms with Crippen molar-refractivity contribution in [2.24, 2.45) is 0 Å². The summed E-state index contributed by atoms with van der Waals surface area (Å²) in [7, 11) is 4.38. The summed E-state index contributed by atoms with van der Waals surface area (Å²) in [6.07, 6.45) is 8.95. The van der Waals surface area contributed by atoms with Crippen LogP contribution in [0.25, 0.3) is 0 Å². The summed E-state index contributed by atoms with van der Waals surface area (Å²) in [5, 5.41) is 9.49. The van der Waals surface area contributed by atoms with Gasteiger partial charge in [-0.15, -0.1) is 6.58 Å². The molecule has 3 heteroatoms. The maximum atomic E-state index is 8.91. The lowest BCUT2D eigenvalue weighted by atomic mass is 9.95. The van der Waals surface area contributed by atoms with Gasteiger partial charge in [-0.2, -0.15) is 0 Å². The quantitative estimate of drug-likeness (QED) is 0.699. The highest BCUT2D eigenvalue weighted by Crippen LogP contribution is 2.20. The smallest absolute Gasteiger partial charge is 0.117 e. The molecule has 1 aliphatic carbocycles. The molecule has 1 aliphatic rings. The van der Waals surface area contributed by atoms with Gasteiger partial charge in [-0.05, 0) is 64.5 Å². The Kier molecular flexibility index (Phi) is 11.1. The molecule has 21 heavy (non-hydrogen) atoms. The summed E-state index contributed by atoms with van der Waals surface area (Å²) in [6.45, 7) is 7.13. The third-order valence-electron chi connectivity index (χ3n) is 3.33. The Morgan fingerprint density at radius 2 is 1.71 bits per heavy atom. The molecular weight excluding hydrogens is 282 g/mol. The van der Waals surface area contributed by atoms with Gasteiger partial charge in [0.15, 0.2) is 0 Å². The molecule has 0 radical (unpaired) electrons. The van der Waals surface area contributed by atoms with E-state index in [1.54, 1.807) is 18.2 Å². The van der Waals surface area contributed by atoms with Crippen molar-refractivity contribution in [3.63, 3.8) is 0 Å². The van der Waals surface area contributed by atoms with Gasteiger partial charge in [-0.25, -0.2) is 0 Å². The first-order valence-corrected chi connectivity index (χ1v) is 7.98. The molecule has 0 atom stereocenters. The summed E-state index contributed by atoms with van der Waals surface area (Å²) >= 11 is 5.59. The molecule has 1 fully saturated rings. The number of allylic oxidation sites excluding steroid dienone is 1. The predicted molar refractivity (Wildman–Crippen MR) is 94.3 cm³/mol. The SMILES string of the molecule is C=CC.CN(C)C1CCCCC1.Cc1cc(O)cc(Cl)c1. The van der Waals surface area contributed by atoms with Crippen LogP contribution in [0.4, 0.5) is 0 Å². The van der Waals surface area contributed by atoms with E-state index in [9.17, 15) is 0 Å². The Balaban J connectivity index is 0.000000322. The minimum atomic E-state index is 0.222. The summed E-state index contributed by atoms with van der Waals surface area (Å²) in [6, 6.07) is 5.85. The van der Waals surface area contributed by atoms with Crippen molar-refractivity contribution in [3.05, 3.63) is 41.4 Å². The normalized spacial score (nSPS) is 14.6. The Labute approximate surface area is 135 Å². The second-order valence-corrected chi connectivity index (χ2v) is 6.09. The molecule has 1 N–H and O–H groups in total. The van der Waals surface area contributed by atoms with Crippen molar-refractivity contribution >= 4 is 11.6 Å². The van der Waals surface area contributed by atoms with Crippen molar-refractivity contribution in [1.29, 1.82) is 0 Å². The minimum Gasteiger partial charge on any atom is -0.508 e. The summed E-state index contributed by atoms with van der Waals surface area (Å²) < 4.78 is 0. The summed E-state index contributed by atoms with van der Waals surface area (Å²) in [4.78, 5) is 2.36. The van der Waals surface area contributed by atoms with E-state index in [1.165, 1.54) is 38.2 Å². The third kappa shape index (κ3) is 10.4. The van der Waals surface area contributed by atoms with Gasteiger partial charge in [-0.3, -0.25) is 0 Å². The number of rotatable bonds is 1. The van der Waals surface area contributed by atoms with Crippen LogP contribution in [0.15, 0.2) is 30.9 Å². The van der Waals surface area contributed by atoms with Crippen LogP contribution < -0.4 is 0 Å². The number of nitrogens with zero attached hydrogens (tertiary/aromatic N) is 1. The first-order chi connectivity index (χ1) is 9.90. The fraction of sp³-hybridized carbons (Fsp3) is 0.556. The summed E-state index contributed by atoms with van der Waals surface area (Å²) in [5.74, 6) is 0.222. The highest BCUT2D eigenvalue weighted by molar-refractivity contribution is 6.30. The predicted octanol–water partition coefficient (Wildman–Crippen LogP) is 5.43. The van der Waals surface area contributed by atoms with E-state index >= 15 is 0 Å². The van der Waals surface area contributed by atoms with Gasteiger partial charge in [0.2, 0.25) is 0 Å². The van der Waals surface area contributed by atoms with Crippen LogP contribution in [0, 0.1) is 6.92 Å². The largest absolute Gasteiger partial charge is 0.508 e. The molecule has 1 aromatic carbocycles. The Bertz CT molecular complexity index is 348. The van der Waals surface area contributed by atoms with Gasteiger partial charge in [0, 0.05) is 11.1 Å². The number of hydrogen-bond acceptors (Lipinski definition) is 2. The monoisotopic (exact) mass is 311 g/mol. The molecule has 1 aromatic rings. The standard InChI is InChI=1S/C8H17N.C7H7ClO.C3H6/c1-9(2)8-6-4-3-5-7-8;1-5-2-6(8)4-7(9)3-5;1-3-2/h8H,3-7H2,1-2H3;2-4,9H,1H3;3H,1H2,2H3. The average molecular weight is 312 g/mol. The van der Waals surface area contributed by atoms with Crippen LogP contribution in [0.3, 0.4) is 0 Å². The second-order valence-electron chi connectivity index (χ2n) is 5.65. The van der Waals surface area contributed by atoms with Crippen molar-refractivity contribution in [2.75, 3.05) is 14.1 Å². The molecule has 0 unspecified atom stereocenters. The van der Waals surface area contributed by atoms with Crippen LogP contribution >= 0.6 is 11.6 Å².